The highest BCUT2D eigenvalue weighted by Crippen LogP contribution is 2.46. The number of para-hydroxylation sites is 1. The van der Waals surface area contributed by atoms with Crippen LogP contribution in [-0.4, -0.2) is 31.4 Å². The lowest BCUT2D eigenvalue weighted by Gasteiger charge is -2.32. The largest absolute Gasteiger partial charge is 0.480 e. The van der Waals surface area contributed by atoms with Gasteiger partial charge in [-0.3, -0.25) is 10.1 Å². The van der Waals surface area contributed by atoms with Gasteiger partial charge in [-0.05, 0) is 41.3 Å². The summed E-state index contributed by atoms with van der Waals surface area (Å²) in [5, 5.41) is 13.4. The molecule has 45 heavy (non-hydrogen) atoms. The molecule has 1 atom stereocenters. The number of carbonyl (C=O) groups is 1. The van der Waals surface area contributed by atoms with Crippen LogP contribution in [0.3, 0.4) is 0 Å². The van der Waals surface area contributed by atoms with Crippen molar-refractivity contribution >= 4 is 26.8 Å². The molecule has 2 N–H and O–H groups in total. The topological polar surface area (TPSA) is 96.6 Å². The maximum Gasteiger partial charge on any atom is 0.321 e. The zero-order valence-electron chi connectivity index (χ0n) is 24.3. The molecule has 0 fully saturated rings. The Morgan fingerprint density at radius 2 is 1.51 bits per heavy atom. The van der Waals surface area contributed by atoms with E-state index >= 15 is 0 Å². The number of sulfone groups is 1. The predicted molar refractivity (Wildman–Crippen MR) is 173 cm³/mol. The molecular weight excluding hydrogens is 589 g/mol. The highest BCUT2D eigenvalue weighted by molar-refractivity contribution is 7.92. The first-order valence-electron chi connectivity index (χ1n) is 14.7. The lowest BCUT2D eigenvalue weighted by molar-refractivity contribution is -0.139. The molecule has 0 aliphatic heterocycles. The van der Waals surface area contributed by atoms with Gasteiger partial charge in [0.25, 0.3) is 0 Å². The molecule has 8 heteroatoms. The van der Waals surface area contributed by atoms with Crippen molar-refractivity contribution in [2.75, 3.05) is 5.88 Å². The molecule has 0 amide bonds. The Morgan fingerprint density at radius 1 is 0.867 bits per heavy atom. The summed E-state index contributed by atoms with van der Waals surface area (Å²) < 4.78 is 47.9. The van der Waals surface area contributed by atoms with Gasteiger partial charge in [0.05, 0.1) is 0 Å². The van der Waals surface area contributed by atoms with Crippen molar-refractivity contribution in [3.63, 3.8) is 0 Å². The van der Waals surface area contributed by atoms with E-state index in [4.69, 9.17) is 4.42 Å². The Morgan fingerprint density at radius 3 is 2.20 bits per heavy atom. The highest BCUT2D eigenvalue weighted by Gasteiger charge is 2.46. The smallest absolute Gasteiger partial charge is 0.321 e. The second kappa shape index (κ2) is 12.7. The van der Waals surface area contributed by atoms with Crippen LogP contribution in [-0.2, 0) is 32.2 Å². The molecule has 5 aromatic rings. The van der Waals surface area contributed by atoms with E-state index in [2.05, 4.69) is 5.32 Å². The number of fused-ring (bicyclic) bond motifs is 1. The van der Waals surface area contributed by atoms with E-state index in [9.17, 15) is 22.7 Å². The number of rotatable bonds is 11. The molecule has 0 radical (unpaired) electrons. The standard InChI is InChI=1S/C37H32FNO5S/c38-30-15-9-12-27(22-30)23-32(36(40)41)39-25-45(42,43)37(20-18-29(19-21-37)28-13-5-2-6-14-28)35-31-16-7-8-17-33(31)44-34(35)24-26-10-3-1-4-11-26/h1-22,29,32,39H,23-25H2,(H,40,41). The van der Waals surface area contributed by atoms with Crippen molar-refractivity contribution in [2.45, 2.75) is 29.5 Å². The fourth-order valence-electron chi connectivity index (χ4n) is 5.95. The van der Waals surface area contributed by atoms with Crippen molar-refractivity contribution in [2.24, 2.45) is 0 Å². The van der Waals surface area contributed by atoms with Crippen molar-refractivity contribution in [1.29, 1.82) is 0 Å². The number of carboxylic acids is 1. The molecule has 0 bridgehead atoms. The number of furan rings is 1. The number of hydrogen-bond acceptors (Lipinski definition) is 5. The third kappa shape index (κ3) is 6.25. The monoisotopic (exact) mass is 621 g/mol. The van der Waals surface area contributed by atoms with E-state index in [1.54, 1.807) is 18.2 Å². The van der Waals surface area contributed by atoms with Gasteiger partial charge in [0, 0.05) is 23.3 Å². The summed E-state index contributed by atoms with van der Waals surface area (Å²) in [5.41, 5.74) is 3.46. The zero-order valence-corrected chi connectivity index (χ0v) is 25.2. The molecule has 6 nitrogen and oxygen atoms in total. The van der Waals surface area contributed by atoms with Crippen LogP contribution in [0.15, 0.2) is 138 Å². The minimum absolute atomic E-state index is 0.0920. The summed E-state index contributed by atoms with van der Waals surface area (Å²) >= 11 is 0. The van der Waals surface area contributed by atoms with E-state index in [1.807, 2.05) is 97.1 Å². The number of benzene rings is 4. The molecule has 1 heterocycles. The Bertz CT molecular complexity index is 1970. The van der Waals surface area contributed by atoms with Gasteiger partial charge in [-0.2, -0.15) is 0 Å². The summed E-state index contributed by atoms with van der Waals surface area (Å²) in [6.07, 6.45) is 7.43. The van der Waals surface area contributed by atoms with Gasteiger partial charge in [-0.25, -0.2) is 12.8 Å². The first-order valence-corrected chi connectivity index (χ1v) is 16.3. The highest BCUT2D eigenvalue weighted by atomic mass is 32.2. The Balaban J connectivity index is 1.44. The number of hydrogen-bond donors (Lipinski definition) is 2. The van der Waals surface area contributed by atoms with Crippen LogP contribution >= 0.6 is 0 Å². The van der Waals surface area contributed by atoms with E-state index in [1.165, 1.54) is 18.2 Å². The van der Waals surface area contributed by atoms with Gasteiger partial charge in [0.1, 0.15) is 33.8 Å². The van der Waals surface area contributed by atoms with E-state index < -0.39 is 38.3 Å². The number of allylic oxidation sites excluding steroid dienone is 2. The maximum atomic E-state index is 14.7. The van der Waals surface area contributed by atoms with Gasteiger partial charge in [0.2, 0.25) is 0 Å². The molecule has 0 saturated carbocycles. The van der Waals surface area contributed by atoms with Crippen molar-refractivity contribution in [1.82, 2.24) is 5.32 Å². The van der Waals surface area contributed by atoms with Gasteiger partial charge >= 0.3 is 5.97 Å². The molecule has 0 spiro atoms. The number of aliphatic carboxylic acids is 1. The van der Waals surface area contributed by atoms with Crippen molar-refractivity contribution in [3.05, 3.63) is 167 Å². The van der Waals surface area contributed by atoms with Crippen LogP contribution in [0.25, 0.3) is 11.0 Å². The van der Waals surface area contributed by atoms with E-state index in [0.717, 1.165) is 11.1 Å². The van der Waals surface area contributed by atoms with Crippen LogP contribution in [0, 0.1) is 5.82 Å². The fraction of sp³-hybridized carbons (Fsp3) is 0.162. The number of carboxylic acid groups (broad SMARTS) is 1. The fourth-order valence-corrected chi connectivity index (χ4v) is 7.71. The zero-order chi connectivity index (χ0) is 31.4. The normalized spacial score (nSPS) is 18.6. The van der Waals surface area contributed by atoms with E-state index in [-0.39, 0.29) is 12.3 Å². The number of nitrogens with one attached hydrogen (secondary N) is 1. The molecule has 4 aromatic carbocycles. The first-order chi connectivity index (χ1) is 21.8. The third-order valence-corrected chi connectivity index (χ3v) is 10.3. The molecule has 0 saturated heterocycles. The molecule has 6 rings (SSSR count). The Labute approximate surface area is 261 Å². The maximum absolute atomic E-state index is 14.7. The van der Waals surface area contributed by atoms with Crippen LogP contribution < -0.4 is 5.32 Å². The van der Waals surface area contributed by atoms with Crippen molar-refractivity contribution in [3.8, 4) is 0 Å². The quantitative estimate of drug-likeness (QED) is 0.155. The van der Waals surface area contributed by atoms with Gasteiger partial charge in [0.15, 0.2) is 9.84 Å². The molecular formula is C37H32FNO5S. The summed E-state index contributed by atoms with van der Waals surface area (Å²) in [5.74, 6) is -2.02. The Hall–Kier alpha value is -4.79. The van der Waals surface area contributed by atoms with Crippen LogP contribution in [0.1, 0.15) is 33.9 Å². The van der Waals surface area contributed by atoms with Gasteiger partial charge in [-0.1, -0.05) is 115 Å². The second-order valence-electron chi connectivity index (χ2n) is 11.2. The summed E-state index contributed by atoms with van der Waals surface area (Å²) in [4.78, 5) is 12.2. The predicted octanol–water partition coefficient (Wildman–Crippen LogP) is 6.93. The first kappa shape index (κ1) is 30.2. The lowest BCUT2D eigenvalue weighted by atomic mass is 9.85. The van der Waals surface area contributed by atoms with Crippen LogP contribution in [0.5, 0.6) is 0 Å². The van der Waals surface area contributed by atoms with Crippen molar-refractivity contribution < 1.29 is 27.1 Å². The molecule has 228 valence electrons. The molecule has 1 aliphatic carbocycles. The molecule has 1 aromatic heterocycles. The van der Waals surface area contributed by atoms with Gasteiger partial charge < -0.3 is 9.52 Å². The van der Waals surface area contributed by atoms with Crippen LogP contribution in [0.2, 0.25) is 0 Å². The summed E-state index contributed by atoms with van der Waals surface area (Å²) in [7, 11) is -4.19. The van der Waals surface area contributed by atoms with Gasteiger partial charge in [-0.15, -0.1) is 0 Å². The number of halogens is 1. The third-order valence-electron chi connectivity index (χ3n) is 8.21. The molecule has 1 aliphatic rings. The SMILES string of the molecule is O=C(O)C(Cc1cccc(F)c1)NCS(=O)(=O)C1(c2c(Cc3ccccc3)oc3ccccc23)C=CC(c2ccccc2)C=C1. The van der Waals surface area contributed by atoms with Crippen LogP contribution in [0.4, 0.5) is 4.39 Å². The average molecular weight is 622 g/mol. The second-order valence-corrected chi connectivity index (χ2v) is 13.4. The van der Waals surface area contributed by atoms with E-state index in [0.29, 0.717) is 34.3 Å². The lowest BCUT2D eigenvalue weighted by Crippen LogP contribution is -2.46. The summed E-state index contributed by atoms with van der Waals surface area (Å²) in [6, 6.07) is 31.2. The molecule has 1 unspecified atom stereocenters. The summed E-state index contributed by atoms with van der Waals surface area (Å²) in [6.45, 7) is 0. The average Bonchev–Trinajstić information content (AvgIpc) is 3.42. The minimum atomic E-state index is -4.19. The minimum Gasteiger partial charge on any atom is -0.480 e. The Kier molecular flexibility index (Phi) is 8.52.